The van der Waals surface area contributed by atoms with Crippen molar-refractivity contribution in [3.8, 4) is 0 Å². The molecule has 1 aromatic rings. The van der Waals surface area contributed by atoms with E-state index in [9.17, 15) is 28.8 Å². The van der Waals surface area contributed by atoms with Gasteiger partial charge in [-0.2, -0.15) is 0 Å². The van der Waals surface area contributed by atoms with Crippen molar-refractivity contribution in [3.05, 3.63) is 53.8 Å². The van der Waals surface area contributed by atoms with Crippen molar-refractivity contribution in [1.82, 2.24) is 5.32 Å². The number of carbonyl (C=O) groups excluding carboxylic acids is 6. The maximum atomic E-state index is 13.5. The summed E-state index contributed by atoms with van der Waals surface area (Å²) in [6.45, 7) is 7.62. The number of hydrogen-bond acceptors (Lipinski definition) is 10. The molecule has 1 aliphatic rings. The van der Waals surface area contributed by atoms with Gasteiger partial charge in [0, 0.05) is 39.1 Å². The van der Waals surface area contributed by atoms with Crippen LogP contribution < -0.4 is 10.6 Å². The lowest BCUT2D eigenvalue weighted by atomic mass is 9.97. The van der Waals surface area contributed by atoms with Gasteiger partial charge in [-0.1, -0.05) is 37.3 Å². The Morgan fingerprint density at radius 3 is 1.68 bits per heavy atom. The summed E-state index contributed by atoms with van der Waals surface area (Å²) in [5, 5.41) is 5.23. The highest BCUT2D eigenvalue weighted by molar-refractivity contribution is 5.97. The molecule has 0 aromatic heterocycles. The van der Waals surface area contributed by atoms with E-state index < -0.39 is 60.1 Å². The summed E-state index contributed by atoms with van der Waals surface area (Å²) in [5.41, 5.74) is 1.51. The van der Waals surface area contributed by atoms with Crippen molar-refractivity contribution in [2.24, 2.45) is 5.92 Å². The molecule has 5 unspecified atom stereocenters. The van der Waals surface area contributed by atoms with Gasteiger partial charge in [0.15, 0.2) is 12.2 Å². The Labute approximate surface area is 232 Å². The predicted octanol–water partition coefficient (Wildman–Crippen LogP) is 2.26. The Balaban J connectivity index is 2.60. The molecule has 40 heavy (non-hydrogen) atoms. The maximum absolute atomic E-state index is 13.5. The number of hydrogen-bond donors (Lipinski definition) is 2. The average molecular weight is 559 g/mol. The molecule has 12 nitrogen and oxygen atoms in total. The van der Waals surface area contributed by atoms with E-state index in [4.69, 9.17) is 18.9 Å². The van der Waals surface area contributed by atoms with Crippen LogP contribution >= 0.6 is 0 Å². The Morgan fingerprint density at radius 1 is 0.750 bits per heavy atom. The number of aryl methyl sites for hydroxylation is 1. The van der Waals surface area contributed by atoms with Gasteiger partial charge in [0.1, 0.15) is 0 Å². The minimum absolute atomic E-state index is 0.0999. The van der Waals surface area contributed by atoms with Crippen LogP contribution in [0.25, 0.3) is 0 Å². The van der Waals surface area contributed by atoms with Crippen LogP contribution in [0.5, 0.6) is 0 Å². The molecular formula is C28H34N2O10. The molecule has 0 saturated carbocycles. The molecule has 0 fully saturated rings. The maximum Gasteiger partial charge on any atom is 0.303 e. The van der Waals surface area contributed by atoms with Crippen LogP contribution in [0.2, 0.25) is 0 Å². The number of benzene rings is 1. The first kappa shape index (κ1) is 31.7. The van der Waals surface area contributed by atoms with Crippen LogP contribution in [0.1, 0.15) is 46.6 Å². The van der Waals surface area contributed by atoms with E-state index in [1.54, 1.807) is 43.3 Å². The largest absolute Gasteiger partial charge is 0.454 e. The van der Waals surface area contributed by atoms with E-state index in [-0.39, 0.29) is 5.92 Å². The van der Waals surface area contributed by atoms with Gasteiger partial charge in [-0.15, -0.1) is 0 Å². The molecule has 2 N–H and O–H groups in total. The second-order valence-electron chi connectivity index (χ2n) is 9.19. The van der Waals surface area contributed by atoms with Gasteiger partial charge in [-0.05, 0) is 37.0 Å². The monoisotopic (exact) mass is 558 g/mol. The van der Waals surface area contributed by atoms with E-state index >= 15 is 0 Å². The molecule has 0 saturated heterocycles. The molecule has 0 bridgehead atoms. The molecule has 1 aliphatic carbocycles. The lowest BCUT2D eigenvalue weighted by molar-refractivity contribution is -0.199. The van der Waals surface area contributed by atoms with E-state index in [2.05, 4.69) is 10.6 Å². The van der Waals surface area contributed by atoms with Crippen LogP contribution in [0.4, 0.5) is 5.69 Å². The van der Waals surface area contributed by atoms with Crippen LogP contribution in [0, 0.1) is 12.8 Å². The third kappa shape index (κ3) is 9.37. The van der Waals surface area contributed by atoms with Crippen LogP contribution in [0.3, 0.4) is 0 Å². The summed E-state index contributed by atoms with van der Waals surface area (Å²) in [4.78, 5) is 75.4. The highest BCUT2D eigenvalue weighted by Crippen LogP contribution is 2.24. The van der Waals surface area contributed by atoms with E-state index in [1.807, 2.05) is 13.0 Å². The van der Waals surface area contributed by atoms with Gasteiger partial charge in [-0.25, -0.2) is 0 Å². The van der Waals surface area contributed by atoms with Crippen molar-refractivity contribution in [2.45, 2.75) is 72.4 Å². The van der Waals surface area contributed by atoms with E-state index in [1.165, 1.54) is 0 Å². The van der Waals surface area contributed by atoms with E-state index in [0.29, 0.717) is 23.4 Å². The summed E-state index contributed by atoms with van der Waals surface area (Å²) in [6.07, 6.45) is -1.72. The van der Waals surface area contributed by atoms with Gasteiger partial charge >= 0.3 is 23.9 Å². The van der Waals surface area contributed by atoms with Gasteiger partial charge in [0.05, 0.1) is 0 Å². The summed E-state index contributed by atoms with van der Waals surface area (Å²) in [7, 11) is 0. The minimum Gasteiger partial charge on any atom is -0.454 e. The Kier molecular flexibility index (Phi) is 11.6. The Bertz CT molecular complexity index is 1210. The fraction of sp³-hybridized carbons (Fsp3) is 0.429. The highest BCUT2D eigenvalue weighted by Gasteiger charge is 2.49. The second-order valence-corrected chi connectivity index (χ2v) is 9.19. The number of rotatable bonds is 11. The zero-order chi connectivity index (χ0) is 30.0. The van der Waals surface area contributed by atoms with Crippen molar-refractivity contribution < 1.29 is 47.7 Å². The molecule has 2 rings (SSSR count). The molecule has 1 aromatic carbocycles. The standard InChI is InChI=1S/C28H34N2O10/c1-15-11-7-9-13-21(15)29-27(35)25(39-19(5)33)23(37-17(3)31)24(38-18(4)32)26(40-20(6)34)28(36)30-22-14-10-8-12-16(22)2/h7-11,13-14,16,23-26H,12H2,1-6H3,(H,29,35)(H,30,36). The number of allylic oxidation sites excluding steroid dienone is 4. The molecule has 0 spiro atoms. The zero-order valence-corrected chi connectivity index (χ0v) is 23.2. The van der Waals surface area contributed by atoms with E-state index in [0.717, 1.165) is 27.7 Å². The van der Waals surface area contributed by atoms with Crippen molar-refractivity contribution in [2.75, 3.05) is 5.32 Å². The average Bonchev–Trinajstić information content (AvgIpc) is 2.85. The molecule has 5 atom stereocenters. The molecule has 2 amide bonds. The lowest BCUT2D eigenvalue weighted by Gasteiger charge is -2.34. The molecule has 12 heteroatoms. The smallest absolute Gasteiger partial charge is 0.303 e. The van der Waals surface area contributed by atoms with Crippen molar-refractivity contribution in [1.29, 1.82) is 0 Å². The summed E-state index contributed by atoms with van der Waals surface area (Å²) < 4.78 is 21.2. The second kappa shape index (κ2) is 14.6. The highest BCUT2D eigenvalue weighted by atomic mass is 16.6. The van der Waals surface area contributed by atoms with Crippen LogP contribution in [-0.4, -0.2) is 60.1 Å². The first-order valence-corrected chi connectivity index (χ1v) is 12.5. The topological polar surface area (TPSA) is 163 Å². The zero-order valence-electron chi connectivity index (χ0n) is 23.2. The number of ether oxygens (including phenoxy) is 4. The Hall–Kier alpha value is -4.48. The summed E-state index contributed by atoms with van der Waals surface area (Å²) >= 11 is 0. The fourth-order valence-electron chi connectivity index (χ4n) is 3.92. The Morgan fingerprint density at radius 2 is 1.23 bits per heavy atom. The third-order valence-electron chi connectivity index (χ3n) is 5.73. The van der Waals surface area contributed by atoms with Crippen LogP contribution in [-0.2, 0) is 47.7 Å². The van der Waals surface area contributed by atoms with Crippen molar-refractivity contribution in [3.63, 3.8) is 0 Å². The van der Waals surface area contributed by atoms with Gasteiger partial charge < -0.3 is 29.6 Å². The molecule has 0 radical (unpaired) electrons. The number of anilines is 1. The SMILES string of the molecule is CC(=O)OC(C(=O)NC1=CC=CCC1C)C(OC(C)=O)C(OC(C)=O)C(OC(C)=O)C(=O)Nc1ccccc1C. The van der Waals surface area contributed by atoms with Crippen LogP contribution in [0.15, 0.2) is 48.2 Å². The quantitative estimate of drug-likeness (QED) is 0.304. The summed E-state index contributed by atoms with van der Waals surface area (Å²) in [5.74, 6) is -5.77. The summed E-state index contributed by atoms with van der Waals surface area (Å²) in [6, 6.07) is 6.71. The molecular weight excluding hydrogens is 524 g/mol. The number of amides is 2. The first-order chi connectivity index (χ1) is 18.8. The lowest BCUT2D eigenvalue weighted by Crippen LogP contribution is -2.58. The third-order valence-corrected chi connectivity index (χ3v) is 5.73. The predicted molar refractivity (Wildman–Crippen MR) is 141 cm³/mol. The normalized spacial score (nSPS) is 17.1. The van der Waals surface area contributed by atoms with Gasteiger partial charge in [-0.3, -0.25) is 28.8 Å². The first-order valence-electron chi connectivity index (χ1n) is 12.5. The number of nitrogens with one attached hydrogen (secondary N) is 2. The molecule has 0 aliphatic heterocycles. The number of carbonyl (C=O) groups is 6. The fourth-order valence-corrected chi connectivity index (χ4v) is 3.92. The van der Waals surface area contributed by atoms with Gasteiger partial charge in [0.25, 0.3) is 11.8 Å². The molecule has 0 heterocycles. The van der Waals surface area contributed by atoms with Gasteiger partial charge in [0.2, 0.25) is 12.2 Å². The number of para-hydroxylation sites is 1. The minimum atomic E-state index is -1.92. The molecule has 216 valence electrons. The van der Waals surface area contributed by atoms with Crippen molar-refractivity contribution >= 4 is 41.4 Å². The number of esters is 4.